The molecule has 8 nitrogen and oxygen atoms in total. The summed E-state index contributed by atoms with van der Waals surface area (Å²) in [6, 6.07) is 22.9. The van der Waals surface area contributed by atoms with Gasteiger partial charge in [-0.3, -0.25) is 14.3 Å². The molecule has 0 saturated carbocycles. The van der Waals surface area contributed by atoms with Gasteiger partial charge in [-0.1, -0.05) is 46.3 Å². The summed E-state index contributed by atoms with van der Waals surface area (Å²) in [5.74, 6) is -0.843. The van der Waals surface area contributed by atoms with Crippen LogP contribution in [0.5, 0.6) is 0 Å². The maximum atomic E-state index is 12.6. The van der Waals surface area contributed by atoms with Crippen molar-refractivity contribution in [2.24, 2.45) is 0 Å². The molecule has 1 heterocycles. The molecule has 0 radical (unpaired) electrons. The van der Waals surface area contributed by atoms with Gasteiger partial charge in [-0.25, -0.2) is 8.42 Å². The summed E-state index contributed by atoms with van der Waals surface area (Å²) < 4.78 is 33.5. The predicted octanol–water partition coefficient (Wildman–Crippen LogP) is 4.48. The van der Waals surface area contributed by atoms with Crippen molar-refractivity contribution in [1.82, 2.24) is 10.6 Å². The molecule has 1 aromatic heterocycles. The van der Waals surface area contributed by atoms with Crippen molar-refractivity contribution in [3.8, 4) is 0 Å². The number of nitrogens with one attached hydrogen (secondary N) is 3. The van der Waals surface area contributed by atoms with E-state index in [1.54, 1.807) is 24.5 Å². The van der Waals surface area contributed by atoms with Crippen molar-refractivity contribution in [2.45, 2.75) is 10.9 Å². The van der Waals surface area contributed by atoms with E-state index in [2.05, 4.69) is 31.3 Å². The summed E-state index contributed by atoms with van der Waals surface area (Å²) in [6.07, 6.45) is 3.09. The third-order valence-corrected chi connectivity index (χ3v) is 7.17. The number of carbonyl (C=O) groups is 2. The first-order valence-electron chi connectivity index (χ1n) is 10.8. The number of hydrogen-bond donors (Lipinski definition) is 3. The highest BCUT2D eigenvalue weighted by molar-refractivity contribution is 9.10. The average molecular weight is 568 g/mol. The molecule has 0 aliphatic carbocycles. The highest BCUT2D eigenvalue weighted by atomic mass is 79.9. The molecule has 0 bridgehead atoms. The number of amides is 2. The molecule has 0 aliphatic heterocycles. The number of furan rings is 1. The predicted molar refractivity (Wildman–Crippen MR) is 139 cm³/mol. The van der Waals surface area contributed by atoms with Crippen molar-refractivity contribution in [3.05, 3.63) is 119 Å². The van der Waals surface area contributed by atoms with Gasteiger partial charge in [0.25, 0.3) is 15.9 Å². The molecule has 2 amide bonds. The van der Waals surface area contributed by atoms with E-state index in [4.69, 9.17) is 4.42 Å². The fourth-order valence-electron chi connectivity index (χ4n) is 3.44. The molecule has 4 rings (SSSR count). The number of hydrogen-bond acceptors (Lipinski definition) is 5. The van der Waals surface area contributed by atoms with Gasteiger partial charge < -0.3 is 15.1 Å². The van der Waals surface area contributed by atoms with E-state index in [1.165, 1.54) is 42.7 Å². The highest BCUT2D eigenvalue weighted by Gasteiger charge is 2.19. The minimum Gasteiger partial charge on any atom is -0.472 e. The van der Waals surface area contributed by atoms with Crippen LogP contribution in [-0.4, -0.2) is 26.8 Å². The normalized spacial score (nSPS) is 11.9. The Morgan fingerprint density at radius 3 is 2.19 bits per heavy atom. The van der Waals surface area contributed by atoms with Crippen LogP contribution < -0.4 is 15.4 Å². The lowest BCUT2D eigenvalue weighted by Crippen LogP contribution is -2.38. The zero-order chi connectivity index (χ0) is 25.5. The second-order valence-corrected chi connectivity index (χ2v) is 10.4. The molecule has 1 unspecified atom stereocenters. The van der Waals surface area contributed by atoms with E-state index in [1.807, 2.05) is 30.3 Å². The van der Waals surface area contributed by atoms with Gasteiger partial charge in [0.1, 0.15) is 0 Å². The van der Waals surface area contributed by atoms with E-state index >= 15 is 0 Å². The number of rotatable bonds is 9. The molecule has 0 spiro atoms. The average Bonchev–Trinajstić information content (AvgIpc) is 3.41. The fourth-order valence-corrected chi connectivity index (χ4v) is 4.76. The standard InChI is InChI=1S/C26H22BrN3O5S/c27-21-8-12-23(13-9-21)36(33,34)30-22-10-6-19(7-11-22)26(32)28-16-24(31)29-25(20-14-15-35-17-20)18-4-2-1-3-5-18/h1-15,17,25,30H,16H2,(H,28,32)(H,29,31). The lowest BCUT2D eigenvalue weighted by atomic mass is 10.0. The number of sulfonamides is 1. The molecule has 0 saturated heterocycles. The SMILES string of the molecule is O=C(CNC(=O)c1ccc(NS(=O)(=O)c2ccc(Br)cc2)cc1)NC(c1ccccc1)c1ccoc1. The van der Waals surface area contributed by atoms with E-state index in [0.717, 1.165) is 15.6 Å². The summed E-state index contributed by atoms with van der Waals surface area (Å²) in [7, 11) is -3.77. The number of benzene rings is 3. The van der Waals surface area contributed by atoms with Crippen LogP contribution in [0, 0.1) is 0 Å². The Kier molecular flexibility index (Phi) is 7.87. The van der Waals surface area contributed by atoms with Crippen LogP contribution >= 0.6 is 15.9 Å². The molecule has 184 valence electrons. The van der Waals surface area contributed by atoms with E-state index in [0.29, 0.717) is 5.69 Å². The van der Waals surface area contributed by atoms with Crippen LogP contribution in [0.25, 0.3) is 0 Å². The van der Waals surface area contributed by atoms with Crippen LogP contribution in [0.4, 0.5) is 5.69 Å². The smallest absolute Gasteiger partial charge is 0.261 e. The van der Waals surface area contributed by atoms with Crippen molar-refractivity contribution in [3.63, 3.8) is 0 Å². The van der Waals surface area contributed by atoms with Crippen LogP contribution in [0.2, 0.25) is 0 Å². The van der Waals surface area contributed by atoms with E-state index in [-0.39, 0.29) is 22.9 Å². The van der Waals surface area contributed by atoms with Crippen molar-refractivity contribution in [2.75, 3.05) is 11.3 Å². The second-order valence-electron chi connectivity index (χ2n) is 7.79. The minimum absolute atomic E-state index is 0.114. The maximum Gasteiger partial charge on any atom is 0.261 e. The lowest BCUT2D eigenvalue weighted by molar-refractivity contribution is -0.120. The summed E-state index contributed by atoms with van der Waals surface area (Å²) in [6.45, 7) is -0.238. The molecule has 0 fully saturated rings. The molecule has 3 N–H and O–H groups in total. The molecule has 3 aromatic carbocycles. The van der Waals surface area contributed by atoms with Gasteiger partial charge in [0.2, 0.25) is 5.91 Å². The fraction of sp³-hybridized carbons (Fsp3) is 0.0769. The monoisotopic (exact) mass is 567 g/mol. The lowest BCUT2D eigenvalue weighted by Gasteiger charge is -2.18. The maximum absolute atomic E-state index is 12.6. The summed E-state index contributed by atoms with van der Waals surface area (Å²) >= 11 is 3.27. The number of carbonyl (C=O) groups excluding carboxylic acids is 2. The van der Waals surface area contributed by atoms with Crippen LogP contribution in [-0.2, 0) is 14.8 Å². The first kappa shape index (κ1) is 25.2. The van der Waals surface area contributed by atoms with Gasteiger partial charge >= 0.3 is 0 Å². The zero-order valence-electron chi connectivity index (χ0n) is 18.8. The number of halogens is 1. The largest absolute Gasteiger partial charge is 0.472 e. The summed E-state index contributed by atoms with van der Waals surface area (Å²) in [5.41, 5.74) is 2.24. The number of anilines is 1. The van der Waals surface area contributed by atoms with Gasteiger partial charge in [0.15, 0.2) is 0 Å². The Morgan fingerprint density at radius 1 is 0.861 bits per heavy atom. The van der Waals surface area contributed by atoms with E-state index < -0.39 is 22.0 Å². The molecular weight excluding hydrogens is 546 g/mol. The highest BCUT2D eigenvalue weighted by Crippen LogP contribution is 2.22. The third kappa shape index (κ3) is 6.41. The van der Waals surface area contributed by atoms with Gasteiger partial charge in [-0.05, 0) is 60.2 Å². The molecular formula is C26H22BrN3O5S. The molecule has 10 heteroatoms. The van der Waals surface area contributed by atoms with Crippen molar-refractivity contribution < 1.29 is 22.4 Å². The third-order valence-electron chi connectivity index (χ3n) is 5.25. The van der Waals surface area contributed by atoms with Crippen LogP contribution in [0.3, 0.4) is 0 Å². The molecule has 36 heavy (non-hydrogen) atoms. The van der Waals surface area contributed by atoms with Gasteiger partial charge in [0, 0.05) is 21.3 Å². The minimum atomic E-state index is -3.77. The Labute approximate surface area is 216 Å². The van der Waals surface area contributed by atoms with Gasteiger partial charge in [-0.15, -0.1) is 0 Å². The summed E-state index contributed by atoms with van der Waals surface area (Å²) in [5, 5.41) is 5.49. The molecule has 4 aromatic rings. The Balaban J connectivity index is 1.34. The zero-order valence-corrected chi connectivity index (χ0v) is 21.3. The topological polar surface area (TPSA) is 118 Å². The van der Waals surface area contributed by atoms with Gasteiger partial charge in [-0.2, -0.15) is 0 Å². The van der Waals surface area contributed by atoms with Crippen LogP contribution in [0.15, 0.2) is 111 Å². The first-order chi connectivity index (χ1) is 17.3. The second kappa shape index (κ2) is 11.2. The van der Waals surface area contributed by atoms with Crippen molar-refractivity contribution in [1.29, 1.82) is 0 Å². The Hall–Kier alpha value is -3.89. The van der Waals surface area contributed by atoms with Gasteiger partial charge in [0.05, 0.1) is 30.0 Å². The summed E-state index contributed by atoms with van der Waals surface area (Å²) in [4.78, 5) is 25.2. The first-order valence-corrected chi connectivity index (χ1v) is 13.1. The Bertz CT molecular complexity index is 1420. The van der Waals surface area contributed by atoms with Crippen LogP contribution in [0.1, 0.15) is 27.5 Å². The molecule has 0 aliphatic rings. The van der Waals surface area contributed by atoms with E-state index in [9.17, 15) is 18.0 Å². The quantitative estimate of drug-likeness (QED) is 0.275. The molecule has 1 atom stereocenters. The Morgan fingerprint density at radius 2 is 1.56 bits per heavy atom. The van der Waals surface area contributed by atoms with Crippen molar-refractivity contribution >= 4 is 43.5 Å².